The van der Waals surface area contributed by atoms with E-state index in [-0.39, 0.29) is 0 Å². The van der Waals surface area contributed by atoms with Crippen LogP contribution in [0.4, 0.5) is 0 Å². The van der Waals surface area contributed by atoms with Crippen LogP contribution in [0.3, 0.4) is 0 Å². The summed E-state index contributed by atoms with van der Waals surface area (Å²) in [5.74, 6) is -3.52. The number of aliphatic carboxylic acids is 2. The number of hydrogen-bond acceptors (Lipinski definition) is 5. The lowest BCUT2D eigenvalue weighted by molar-refractivity contribution is -0.134. The molecule has 0 radical (unpaired) electrons. The fraction of sp³-hybridized carbons (Fsp3) is 0.364. The van der Waals surface area contributed by atoms with Crippen molar-refractivity contribution in [1.82, 2.24) is 5.32 Å². The summed E-state index contributed by atoms with van der Waals surface area (Å²) in [7, 11) is -4.08. The second-order valence-corrected chi connectivity index (χ2v) is 5.77. The maximum atomic E-state index is 10.8. The summed E-state index contributed by atoms with van der Waals surface area (Å²) in [6.07, 6.45) is 2.15. The van der Waals surface area contributed by atoms with Gasteiger partial charge in [-0.25, -0.2) is 9.59 Å². The molecule has 0 atom stereocenters. The van der Waals surface area contributed by atoms with E-state index in [0.29, 0.717) is 12.2 Å². The quantitative estimate of drug-likeness (QED) is 0.382. The number of nitrogens with one attached hydrogen (secondary N) is 1. The van der Waals surface area contributed by atoms with Crippen molar-refractivity contribution in [3.8, 4) is 0 Å². The van der Waals surface area contributed by atoms with Gasteiger partial charge in [0.15, 0.2) is 0 Å². The predicted octanol–water partition coefficient (Wildman–Crippen LogP) is -0.333. The summed E-state index contributed by atoms with van der Waals surface area (Å²) in [5, 5.41) is 18.0. The Morgan fingerprint density at radius 3 is 1.76 bits per heavy atom. The molecular weight excluding hydrogens is 306 g/mol. The third kappa shape index (κ3) is 17.8. The number of rotatable bonds is 6. The van der Waals surface area contributed by atoms with E-state index in [4.69, 9.17) is 14.8 Å². The van der Waals surface area contributed by atoms with Gasteiger partial charge in [0.2, 0.25) is 5.91 Å². The highest BCUT2D eigenvalue weighted by molar-refractivity contribution is 7.85. The van der Waals surface area contributed by atoms with E-state index in [2.05, 4.69) is 11.9 Å². The first-order chi connectivity index (χ1) is 9.29. The van der Waals surface area contributed by atoms with E-state index >= 15 is 0 Å². The predicted molar refractivity (Wildman–Crippen MR) is 73.2 cm³/mol. The Labute approximate surface area is 121 Å². The molecule has 21 heavy (non-hydrogen) atoms. The smallest absolute Gasteiger partial charge is 0.328 e. The Morgan fingerprint density at radius 1 is 1.14 bits per heavy atom. The van der Waals surface area contributed by atoms with Crippen LogP contribution in [0.2, 0.25) is 0 Å². The van der Waals surface area contributed by atoms with E-state index in [9.17, 15) is 22.8 Å². The Bertz CT molecular complexity index is 516. The molecule has 0 aromatic heterocycles. The zero-order chi connectivity index (χ0) is 17.3. The van der Waals surface area contributed by atoms with Crippen molar-refractivity contribution in [2.45, 2.75) is 19.4 Å². The molecular formula is C11H17NO8S. The van der Waals surface area contributed by atoms with Crippen LogP contribution in [0.1, 0.15) is 13.8 Å². The molecule has 0 saturated heterocycles. The molecule has 0 heterocycles. The molecule has 0 saturated carbocycles. The molecule has 0 unspecified atom stereocenters. The van der Waals surface area contributed by atoms with E-state index in [1.54, 1.807) is 0 Å². The molecule has 0 aliphatic heterocycles. The van der Waals surface area contributed by atoms with Gasteiger partial charge in [0.1, 0.15) is 0 Å². The lowest BCUT2D eigenvalue weighted by Gasteiger charge is -2.23. The van der Waals surface area contributed by atoms with Gasteiger partial charge >= 0.3 is 11.9 Å². The van der Waals surface area contributed by atoms with Crippen molar-refractivity contribution in [3.05, 3.63) is 24.8 Å². The van der Waals surface area contributed by atoms with Crippen molar-refractivity contribution in [3.63, 3.8) is 0 Å². The number of hydrogen-bond donors (Lipinski definition) is 4. The lowest BCUT2D eigenvalue weighted by Crippen LogP contribution is -2.47. The number of carboxylic acids is 2. The van der Waals surface area contributed by atoms with E-state index in [1.165, 1.54) is 13.8 Å². The Hall–Kier alpha value is -2.20. The first kappa shape index (κ1) is 21.1. The second kappa shape index (κ2) is 8.87. The summed E-state index contributed by atoms with van der Waals surface area (Å²) in [4.78, 5) is 29.9. The monoisotopic (exact) mass is 323 g/mol. The molecule has 0 aromatic rings. The number of amides is 1. The Kier molecular flexibility index (Phi) is 8.91. The van der Waals surface area contributed by atoms with Crippen LogP contribution in [-0.4, -0.2) is 52.3 Å². The van der Waals surface area contributed by atoms with Crippen molar-refractivity contribution in [1.29, 1.82) is 0 Å². The average Bonchev–Trinajstić information content (AvgIpc) is 2.22. The fourth-order valence-electron chi connectivity index (χ4n) is 1.02. The Balaban J connectivity index is 0. The van der Waals surface area contributed by atoms with Gasteiger partial charge in [-0.3, -0.25) is 9.35 Å². The van der Waals surface area contributed by atoms with Crippen molar-refractivity contribution in [2.75, 3.05) is 5.75 Å². The van der Waals surface area contributed by atoms with Crippen LogP contribution in [0.15, 0.2) is 24.8 Å². The lowest BCUT2D eigenvalue weighted by atomic mass is 10.1. The standard InChI is InChI=1S/C7H13NO4S.C4H4O4/c1-4-6(9)8-7(2,3)5-13(10,11)12;5-3(6)1-2-4(7)8/h4H,1,5H2,2-3H3,(H,8,9)(H,10,11,12);1-2H,(H,5,6)(H,7,8)/b;2-1-. The zero-order valence-electron chi connectivity index (χ0n) is 11.4. The van der Waals surface area contributed by atoms with Gasteiger partial charge in [-0.05, 0) is 19.9 Å². The van der Waals surface area contributed by atoms with Gasteiger partial charge in [0, 0.05) is 12.2 Å². The first-order valence-corrected chi connectivity index (χ1v) is 6.93. The summed E-state index contributed by atoms with van der Waals surface area (Å²) in [5.41, 5.74) is -1.00. The van der Waals surface area contributed by atoms with Crippen LogP contribution in [0.25, 0.3) is 0 Å². The van der Waals surface area contributed by atoms with Crippen LogP contribution in [0.5, 0.6) is 0 Å². The summed E-state index contributed by atoms with van der Waals surface area (Å²) >= 11 is 0. The average molecular weight is 323 g/mol. The van der Waals surface area contributed by atoms with E-state index < -0.39 is 39.3 Å². The first-order valence-electron chi connectivity index (χ1n) is 5.33. The van der Waals surface area contributed by atoms with Gasteiger partial charge in [0.05, 0.1) is 11.3 Å². The highest BCUT2D eigenvalue weighted by Crippen LogP contribution is 2.05. The molecule has 0 rings (SSSR count). The van der Waals surface area contributed by atoms with E-state index in [0.717, 1.165) is 6.08 Å². The largest absolute Gasteiger partial charge is 0.478 e. The van der Waals surface area contributed by atoms with Crippen molar-refractivity contribution >= 4 is 28.0 Å². The third-order valence-electron chi connectivity index (χ3n) is 1.56. The van der Waals surface area contributed by atoms with Gasteiger partial charge in [0.25, 0.3) is 10.1 Å². The minimum Gasteiger partial charge on any atom is -0.478 e. The Morgan fingerprint density at radius 2 is 1.52 bits per heavy atom. The van der Waals surface area contributed by atoms with Gasteiger partial charge in [-0.1, -0.05) is 6.58 Å². The van der Waals surface area contributed by atoms with Crippen LogP contribution in [-0.2, 0) is 24.5 Å². The van der Waals surface area contributed by atoms with Gasteiger partial charge in [-0.2, -0.15) is 8.42 Å². The number of carboxylic acid groups (broad SMARTS) is 2. The molecule has 0 fully saturated rings. The molecule has 0 aliphatic rings. The highest BCUT2D eigenvalue weighted by Gasteiger charge is 2.25. The second-order valence-electron chi connectivity index (χ2n) is 4.31. The summed E-state index contributed by atoms with van der Waals surface area (Å²) in [6.45, 7) is 6.19. The van der Waals surface area contributed by atoms with Gasteiger partial charge in [-0.15, -0.1) is 0 Å². The number of carbonyl (C=O) groups is 3. The van der Waals surface area contributed by atoms with E-state index in [1.807, 2.05) is 0 Å². The molecule has 0 spiro atoms. The fourth-order valence-corrected chi connectivity index (χ4v) is 2.00. The molecule has 0 aliphatic carbocycles. The van der Waals surface area contributed by atoms with Crippen LogP contribution < -0.4 is 5.32 Å². The minimum atomic E-state index is -4.08. The third-order valence-corrected chi connectivity index (χ3v) is 2.65. The molecule has 120 valence electrons. The topological polar surface area (TPSA) is 158 Å². The minimum absolute atomic E-state index is 0.478. The maximum Gasteiger partial charge on any atom is 0.328 e. The molecule has 4 N–H and O–H groups in total. The number of carbonyl (C=O) groups excluding carboxylic acids is 1. The maximum absolute atomic E-state index is 10.8. The molecule has 0 bridgehead atoms. The molecule has 1 amide bonds. The van der Waals surface area contributed by atoms with Crippen LogP contribution >= 0.6 is 0 Å². The highest BCUT2D eigenvalue weighted by atomic mass is 32.2. The van der Waals surface area contributed by atoms with Crippen LogP contribution in [0, 0.1) is 0 Å². The normalized spacial score (nSPS) is 11.2. The molecule has 9 nitrogen and oxygen atoms in total. The summed E-state index contributed by atoms with van der Waals surface area (Å²) < 4.78 is 29.5. The zero-order valence-corrected chi connectivity index (χ0v) is 12.3. The summed E-state index contributed by atoms with van der Waals surface area (Å²) in [6, 6.07) is 0. The molecule has 0 aromatic carbocycles. The molecule has 10 heteroatoms. The van der Waals surface area contributed by atoms with Crippen molar-refractivity contribution in [2.24, 2.45) is 0 Å². The van der Waals surface area contributed by atoms with Crippen molar-refractivity contribution < 1.29 is 37.6 Å². The SMILES string of the molecule is C=CC(=O)NC(C)(C)CS(=O)(=O)O.O=C(O)/C=C\C(=O)O. The van der Waals surface area contributed by atoms with Gasteiger partial charge < -0.3 is 15.5 Å².